The van der Waals surface area contributed by atoms with Crippen LogP contribution in [-0.2, 0) is 17.5 Å². The lowest BCUT2D eigenvalue weighted by atomic mass is 10.1. The number of anilines is 2. The van der Waals surface area contributed by atoms with Crippen LogP contribution < -0.4 is 15.0 Å². The summed E-state index contributed by atoms with van der Waals surface area (Å²) in [6.07, 6.45) is -2.72. The first-order valence-electron chi connectivity index (χ1n) is 10.7. The number of esters is 1. The summed E-state index contributed by atoms with van der Waals surface area (Å²) in [6.45, 7) is 3.41. The van der Waals surface area contributed by atoms with Crippen LogP contribution in [0.25, 0.3) is 0 Å². The summed E-state index contributed by atoms with van der Waals surface area (Å²) in [7, 11) is 1.34. The number of hydrogen-bond acceptors (Lipinski definition) is 6. The number of aromatic nitrogens is 1. The van der Waals surface area contributed by atoms with Crippen LogP contribution in [0.15, 0.2) is 60.8 Å². The number of methoxy groups -OCH3 is 1. The topological polar surface area (TPSA) is 63.7 Å². The first-order valence-corrected chi connectivity index (χ1v) is 10.7. The van der Waals surface area contributed by atoms with E-state index >= 15 is 0 Å². The molecule has 3 aromatic rings. The van der Waals surface area contributed by atoms with Gasteiger partial charge in [-0.1, -0.05) is 24.3 Å². The first-order chi connectivity index (χ1) is 16.3. The van der Waals surface area contributed by atoms with Crippen LogP contribution >= 0.6 is 0 Å². The van der Waals surface area contributed by atoms with E-state index in [1.807, 2.05) is 24.0 Å². The Bertz CT molecular complexity index is 1150. The van der Waals surface area contributed by atoms with Crippen molar-refractivity contribution in [1.82, 2.24) is 4.98 Å². The molecule has 178 valence electrons. The van der Waals surface area contributed by atoms with E-state index in [1.165, 1.54) is 19.2 Å². The first kappa shape index (κ1) is 23.4. The Kier molecular flexibility index (Phi) is 6.63. The molecule has 1 N–H and O–H groups in total. The predicted molar refractivity (Wildman–Crippen MR) is 122 cm³/mol. The number of rotatable bonds is 6. The van der Waals surface area contributed by atoms with Crippen molar-refractivity contribution in [2.24, 2.45) is 0 Å². The number of benzene rings is 2. The van der Waals surface area contributed by atoms with E-state index in [0.29, 0.717) is 36.8 Å². The highest BCUT2D eigenvalue weighted by molar-refractivity contribution is 5.89. The van der Waals surface area contributed by atoms with Crippen LogP contribution in [0.4, 0.5) is 24.7 Å². The molecule has 0 saturated carbocycles. The molecule has 0 spiro atoms. The van der Waals surface area contributed by atoms with Crippen molar-refractivity contribution in [1.29, 1.82) is 0 Å². The van der Waals surface area contributed by atoms with Gasteiger partial charge in [0.1, 0.15) is 18.0 Å². The average Bonchev–Trinajstić information content (AvgIpc) is 2.83. The second kappa shape index (κ2) is 9.62. The van der Waals surface area contributed by atoms with Crippen molar-refractivity contribution < 1.29 is 27.4 Å². The Morgan fingerprint density at radius 1 is 1.15 bits per heavy atom. The Labute approximate surface area is 195 Å². The quantitative estimate of drug-likeness (QED) is 0.482. The van der Waals surface area contributed by atoms with Crippen molar-refractivity contribution in [3.63, 3.8) is 0 Å². The van der Waals surface area contributed by atoms with E-state index in [4.69, 9.17) is 9.47 Å². The fourth-order valence-electron chi connectivity index (χ4n) is 3.83. The molecule has 34 heavy (non-hydrogen) atoms. The standard InChI is InChI=1S/C25H24F3N3O3/c1-16(18-5-7-19(8-6-18)24(32)33-2)30-23-22-21(11-12-29-23)34-14-13-31(22)15-17-3-9-20(10-4-17)25(26,27)28/h3-12,16H,13-15H2,1-2H3,(H,29,30)/t16-/m0/s1. The maximum atomic E-state index is 12.9. The molecule has 0 radical (unpaired) electrons. The van der Waals surface area contributed by atoms with Crippen LogP contribution in [0, 0.1) is 0 Å². The van der Waals surface area contributed by atoms with E-state index in [1.54, 1.807) is 24.4 Å². The van der Waals surface area contributed by atoms with Gasteiger partial charge in [-0.2, -0.15) is 13.2 Å². The summed E-state index contributed by atoms with van der Waals surface area (Å²) in [5.41, 5.74) is 2.24. The number of carbonyl (C=O) groups excluding carboxylic acids is 1. The van der Waals surface area contributed by atoms with E-state index in [0.717, 1.165) is 28.9 Å². The molecule has 1 aliphatic heterocycles. The average molecular weight is 471 g/mol. The Hall–Kier alpha value is -3.75. The molecule has 0 aliphatic carbocycles. The molecule has 6 nitrogen and oxygen atoms in total. The lowest BCUT2D eigenvalue weighted by Gasteiger charge is -2.33. The molecule has 0 amide bonds. The maximum absolute atomic E-state index is 12.9. The van der Waals surface area contributed by atoms with Crippen molar-refractivity contribution in [3.05, 3.63) is 83.0 Å². The van der Waals surface area contributed by atoms with E-state index in [2.05, 4.69) is 10.3 Å². The molecule has 1 aliphatic rings. The molecule has 0 fully saturated rings. The number of nitrogens with zero attached hydrogens (tertiary/aromatic N) is 2. The molecule has 4 rings (SSSR count). The smallest absolute Gasteiger partial charge is 0.416 e. The van der Waals surface area contributed by atoms with Gasteiger partial charge in [0, 0.05) is 18.8 Å². The van der Waals surface area contributed by atoms with Crippen molar-refractivity contribution in [2.45, 2.75) is 25.7 Å². The Balaban J connectivity index is 1.55. The molecule has 9 heteroatoms. The minimum atomic E-state index is -4.36. The summed E-state index contributed by atoms with van der Waals surface area (Å²) >= 11 is 0. The van der Waals surface area contributed by atoms with Crippen molar-refractivity contribution in [2.75, 3.05) is 30.5 Å². The Morgan fingerprint density at radius 2 is 1.85 bits per heavy atom. The fraction of sp³-hybridized carbons (Fsp3) is 0.280. The van der Waals surface area contributed by atoms with Gasteiger partial charge in [-0.15, -0.1) is 0 Å². The third kappa shape index (κ3) is 5.08. The monoisotopic (exact) mass is 471 g/mol. The predicted octanol–water partition coefficient (Wildman–Crippen LogP) is 5.46. The number of ether oxygens (including phenoxy) is 2. The zero-order chi connectivity index (χ0) is 24.3. The van der Waals surface area contributed by atoms with E-state index < -0.39 is 17.7 Å². The van der Waals surface area contributed by atoms with Crippen molar-refractivity contribution in [3.8, 4) is 5.75 Å². The van der Waals surface area contributed by atoms with Crippen LogP contribution in [0.2, 0.25) is 0 Å². The van der Waals surface area contributed by atoms with Crippen LogP contribution in [0.5, 0.6) is 5.75 Å². The summed E-state index contributed by atoms with van der Waals surface area (Å²) in [5, 5.41) is 3.40. The van der Waals surface area contributed by atoms with E-state index in [9.17, 15) is 18.0 Å². The minimum absolute atomic E-state index is 0.138. The molecule has 1 aromatic heterocycles. The third-order valence-electron chi connectivity index (χ3n) is 5.66. The fourth-order valence-corrected chi connectivity index (χ4v) is 3.83. The molecule has 1 atom stereocenters. The highest BCUT2D eigenvalue weighted by Gasteiger charge is 2.30. The lowest BCUT2D eigenvalue weighted by molar-refractivity contribution is -0.137. The van der Waals surface area contributed by atoms with Gasteiger partial charge in [-0.3, -0.25) is 0 Å². The number of hydrogen-bond donors (Lipinski definition) is 1. The van der Waals surface area contributed by atoms with E-state index in [-0.39, 0.29) is 6.04 Å². The van der Waals surface area contributed by atoms with Gasteiger partial charge >= 0.3 is 12.1 Å². The SMILES string of the molecule is COC(=O)c1ccc([C@H](C)Nc2nccc3c2N(Cc2ccc(C(F)(F)F)cc2)CCO3)cc1. The van der Waals surface area contributed by atoms with Gasteiger partial charge < -0.3 is 19.7 Å². The molecule has 0 saturated heterocycles. The number of nitrogens with one attached hydrogen (secondary N) is 1. The zero-order valence-corrected chi connectivity index (χ0v) is 18.7. The molecular weight excluding hydrogens is 447 g/mol. The lowest BCUT2D eigenvalue weighted by Crippen LogP contribution is -2.33. The van der Waals surface area contributed by atoms with Crippen LogP contribution in [0.1, 0.15) is 40.0 Å². The number of carbonyl (C=O) groups is 1. The highest BCUT2D eigenvalue weighted by Crippen LogP contribution is 2.39. The minimum Gasteiger partial charge on any atom is -0.489 e. The van der Waals surface area contributed by atoms with Gasteiger partial charge in [0.15, 0.2) is 5.82 Å². The number of alkyl halides is 3. The Morgan fingerprint density at radius 3 is 2.50 bits per heavy atom. The van der Waals surface area contributed by atoms with Crippen molar-refractivity contribution >= 4 is 17.5 Å². The van der Waals surface area contributed by atoms with Crippen LogP contribution in [-0.4, -0.2) is 31.2 Å². The largest absolute Gasteiger partial charge is 0.489 e. The molecule has 2 aromatic carbocycles. The summed E-state index contributed by atoms with van der Waals surface area (Å²) in [4.78, 5) is 18.2. The third-order valence-corrected chi connectivity index (χ3v) is 5.66. The highest BCUT2D eigenvalue weighted by atomic mass is 19.4. The summed E-state index contributed by atoms with van der Waals surface area (Å²) < 4.78 is 49.3. The van der Waals surface area contributed by atoms with Gasteiger partial charge in [0.05, 0.1) is 30.8 Å². The normalized spacial score (nSPS) is 14.1. The second-order valence-corrected chi connectivity index (χ2v) is 7.95. The molecule has 2 heterocycles. The van der Waals surface area contributed by atoms with Gasteiger partial charge in [0.25, 0.3) is 0 Å². The summed E-state index contributed by atoms with van der Waals surface area (Å²) in [6, 6.07) is 13.9. The molecular formula is C25H24F3N3O3. The molecule has 0 unspecified atom stereocenters. The maximum Gasteiger partial charge on any atom is 0.416 e. The van der Waals surface area contributed by atoms with Gasteiger partial charge in [0.2, 0.25) is 0 Å². The molecule has 0 bridgehead atoms. The zero-order valence-electron chi connectivity index (χ0n) is 18.7. The van der Waals surface area contributed by atoms with Gasteiger partial charge in [-0.25, -0.2) is 9.78 Å². The van der Waals surface area contributed by atoms with Gasteiger partial charge in [-0.05, 0) is 42.3 Å². The number of pyridine rings is 1. The number of halogens is 3. The number of fused-ring (bicyclic) bond motifs is 1. The summed E-state index contributed by atoms with van der Waals surface area (Å²) in [5.74, 6) is 0.861. The van der Waals surface area contributed by atoms with Crippen LogP contribution in [0.3, 0.4) is 0 Å². The second-order valence-electron chi connectivity index (χ2n) is 7.95.